The van der Waals surface area contributed by atoms with E-state index in [0.717, 1.165) is 31.7 Å². The molecule has 1 fully saturated rings. The van der Waals surface area contributed by atoms with E-state index >= 15 is 0 Å². The van der Waals surface area contributed by atoms with E-state index in [1.807, 2.05) is 0 Å². The van der Waals surface area contributed by atoms with Gasteiger partial charge in [0.25, 0.3) is 11.8 Å². The molecule has 2 atom stereocenters. The molecular formula is C22H23FN4O3. The predicted octanol–water partition coefficient (Wildman–Crippen LogP) is 3.01. The zero-order chi connectivity index (χ0) is 21.1. The van der Waals surface area contributed by atoms with E-state index in [0.29, 0.717) is 5.65 Å². The third-order valence-electron chi connectivity index (χ3n) is 5.59. The van der Waals surface area contributed by atoms with Crippen molar-refractivity contribution in [1.82, 2.24) is 14.7 Å². The Morgan fingerprint density at radius 2 is 2.00 bits per heavy atom. The Labute approximate surface area is 172 Å². The maximum absolute atomic E-state index is 14.3. The van der Waals surface area contributed by atoms with Crippen LogP contribution in [-0.4, -0.2) is 39.0 Å². The number of hydrogen-bond donors (Lipinski definition) is 3. The second-order valence-corrected chi connectivity index (χ2v) is 7.53. The Kier molecular flexibility index (Phi) is 5.76. The van der Waals surface area contributed by atoms with Gasteiger partial charge >= 0.3 is 0 Å². The number of nitrogens with zero attached hydrogens (tertiary/aromatic N) is 2. The summed E-state index contributed by atoms with van der Waals surface area (Å²) in [4.78, 5) is 29.5. The average Bonchev–Trinajstić information content (AvgIpc) is 3.20. The molecule has 0 bridgehead atoms. The van der Waals surface area contributed by atoms with Crippen LogP contribution in [0.2, 0.25) is 0 Å². The van der Waals surface area contributed by atoms with Crippen molar-refractivity contribution in [3.63, 3.8) is 0 Å². The lowest BCUT2D eigenvalue weighted by Gasteiger charge is -2.30. The van der Waals surface area contributed by atoms with Gasteiger partial charge in [0.15, 0.2) is 0 Å². The van der Waals surface area contributed by atoms with Crippen LogP contribution in [0.1, 0.15) is 46.5 Å². The molecule has 2 aromatic heterocycles. The van der Waals surface area contributed by atoms with Gasteiger partial charge in [-0.25, -0.2) is 9.37 Å². The lowest BCUT2D eigenvalue weighted by Crippen LogP contribution is -2.43. The second kappa shape index (κ2) is 8.62. The lowest BCUT2D eigenvalue weighted by atomic mass is 9.85. The molecule has 2 heterocycles. The number of nitrogens with one attached hydrogen (secondary N) is 2. The fraction of sp³-hybridized carbons (Fsp3) is 0.318. The maximum Gasteiger partial charge on any atom is 0.274 e. The van der Waals surface area contributed by atoms with E-state index in [-0.39, 0.29) is 41.4 Å². The standard InChI is InChI=1S/C22H23FN4O3/c23-16-9-8-14(21(29)25-17-6-2-1-5-15(17)13-28)11-18(16)26-22(30)19-12-24-20-7-3-4-10-27(19)20/h3-4,7-12,15,17,28H,1-2,5-6,13H2,(H,25,29)(H,26,30)/t15-,17+/m1/s1. The Morgan fingerprint density at radius 3 is 2.83 bits per heavy atom. The van der Waals surface area contributed by atoms with Crippen LogP contribution in [-0.2, 0) is 0 Å². The van der Waals surface area contributed by atoms with E-state index in [2.05, 4.69) is 15.6 Å². The van der Waals surface area contributed by atoms with Crippen LogP contribution < -0.4 is 10.6 Å². The zero-order valence-electron chi connectivity index (χ0n) is 16.3. The van der Waals surface area contributed by atoms with Crippen molar-refractivity contribution in [2.75, 3.05) is 11.9 Å². The van der Waals surface area contributed by atoms with Crippen LogP contribution in [0, 0.1) is 11.7 Å². The molecule has 30 heavy (non-hydrogen) atoms. The highest BCUT2D eigenvalue weighted by atomic mass is 19.1. The van der Waals surface area contributed by atoms with E-state index in [9.17, 15) is 19.1 Å². The van der Waals surface area contributed by atoms with Crippen LogP contribution in [0.15, 0.2) is 48.8 Å². The van der Waals surface area contributed by atoms with Crippen molar-refractivity contribution in [2.24, 2.45) is 5.92 Å². The smallest absolute Gasteiger partial charge is 0.274 e. The van der Waals surface area contributed by atoms with Gasteiger partial charge in [0, 0.05) is 30.3 Å². The number of anilines is 1. The highest BCUT2D eigenvalue weighted by Gasteiger charge is 2.26. The van der Waals surface area contributed by atoms with Gasteiger partial charge in [-0.2, -0.15) is 0 Å². The molecule has 1 aliphatic rings. The maximum atomic E-state index is 14.3. The Bertz CT molecular complexity index is 1080. The molecule has 0 saturated heterocycles. The minimum Gasteiger partial charge on any atom is -0.396 e. The number of aliphatic hydroxyl groups is 1. The van der Waals surface area contributed by atoms with E-state index < -0.39 is 11.7 Å². The number of fused-ring (bicyclic) bond motifs is 1. The first kappa shape index (κ1) is 20.0. The second-order valence-electron chi connectivity index (χ2n) is 7.53. The van der Waals surface area contributed by atoms with Gasteiger partial charge in [-0.1, -0.05) is 18.9 Å². The molecule has 4 rings (SSSR count). The molecule has 0 spiro atoms. The molecule has 0 aliphatic heterocycles. The number of halogens is 1. The monoisotopic (exact) mass is 410 g/mol. The minimum absolute atomic E-state index is 0.0228. The summed E-state index contributed by atoms with van der Waals surface area (Å²) in [6, 6.07) is 9.07. The molecule has 3 aromatic rings. The first-order valence-corrected chi connectivity index (χ1v) is 10.0. The number of pyridine rings is 1. The Balaban J connectivity index is 1.51. The summed E-state index contributed by atoms with van der Waals surface area (Å²) in [6.07, 6.45) is 6.80. The lowest BCUT2D eigenvalue weighted by molar-refractivity contribution is 0.0872. The highest BCUT2D eigenvalue weighted by Crippen LogP contribution is 2.25. The number of rotatable bonds is 5. The van der Waals surface area contributed by atoms with Crippen LogP contribution >= 0.6 is 0 Å². The molecule has 1 aromatic carbocycles. The number of imidazole rings is 1. The predicted molar refractivity (Wildman–Crippen MR) is 110 cm³/mol. The van der Waals surface area contributed by atoms with Crippen molar-refractivity contribution in [1.29, 1.82) is 0 Å². The summed E-state index contributed by atoms with van der Waals surface area (Å²) in [7, 11) is 0. The number of benzene rings is 1. The fourth-order valence-electron chi connectivity index (χ4n) is 3.92. The number of aliphatic hydroxyl groups excluding tert-OH is 1. The number of aromatic nitrogens is 2. The molecular weight excluding hydrogens is 387 g/mol. The topological polar surface area (TPSA) is 95.7 Å². The third kappa shape index (κ3) is 4.04. The summed E-state index contributed by atoms with van der Waals surface area (Å²) in [6.45, 7) is 0.0228. The van der Waals surface area contributed by atoms with Gasteiger partial charge in [-0.15, -0.1) is 0 Å². The molecule has 0 radical (unpaired) electrons. The largest absolute Gasteiger partial charge is 0.396 e. The quantitative estimate of drug-likeness (QED) is 0.603. The summed E-state index contributed by atoms with van der Waals surface area (Å²) >= 11 is 0. The minimum atomic E-state index is -0.639. The van der Waals surface area contributed by atoms with Crippen LogP contribution in [0.4, 0.5) is 10.1 Å². The van der Waals surface area contributed by atoms with Crippen molar-refractivity contribution >= 4 is 23.1 Å². The van der Waals surface area contributed by atoms with Crippen molar-refractivity contribution < 1.29 is 19.1 Å². The van der Waals surface area contributed by atoms with Crippen molar-refractivity contribution in [3.8, 4) is 0 Å². The SMILES string of the molecule is O=C(N[C@H]1CCCC[C@@H]1CO)c1ccc(F)c(NC(=O)c2cnc3ccccn23)c1. The van der Waals surface area contributed by atoms with Gasteiger partial charge in [-0.05, 0) is 43.2 Å². The molecule has 2 amide bonds. The van der Waals surface area contributed by atoms with E-state index in [1.54, 1.807) is 28.8 Å². The first-order valence-electron chi connectivity index (χ1n) is 10.0. The van der Waals surface area contributed by atoms with Gasteiger partial charge in [-0.3, -0.25) is 14.0 Å². The number of carbonyl (C=O) groups is 2. The number of hydrogen-bond acceptors (Lipinski definition) is 4. The normalized spacial score (nSPS) is 18.9. The summed E-state index contributed by atoms with van der Waals surface area (Å²) in [5, 5.41) is 15.0. The summed E-state index contributed by atoms with van der Waals surface area (Å²) in [5.41, 5.74) is 1.02. The Hall–Kier alpha value is -3.26. The van der Waals surface area contributed by atoms with E-state index in [4.69, 9.17) is 0 Å². The fourth-order valence-corrected chi connectivity index (χ4v) is 3.92. The van der Waals surface area contributed by atoms with Crippen LogP contribution in [0.5, 0.6) is 0 Å². The molecule has 1 saturated carbocycles. The first-order chi connectivity index (χ1) is 14.6. The summed E-state index contributed by atoms with van der Waals surface area (Å²) < 4.78 is 15.9. The van der Waals surface area contributed by atoms with Crippen molar-refractivity contribution in [2.45, 2.75) is 31.7 Å². The zero-order valence-corrected chi connectivity index (χ0v) is 16.3. The van der Waals surface area contributed by atoms with Crippen molar-refractivity contribution in [3.05, 3.63) is 65.9 Å². The molecule has 156 valence electrons. The van der Waals surface area contributed by atoms with Crippen LogP contribution in [0.25, 0.3) is 5.65 Å². The molecule has 1 aliphatic carbocycles. The van der Waals surface area contributed by atoms with Gasteiger partial charge in [0.1, 0.15) is 17.2 Å². The third-order valence-corrected chi connectivity index (χ3v) is 5.59. The van der Waals surface area contributed by atoms with Gasteiger partial charge in [0.2, 0.25) is 0 Å². The van der Waals surface area contributed by atoms with E-state index in [1.165, 1.54) is 18.3 Å². The van der Waals surface area contributed by atoms with Gasteiger partial charge in [0.05, 0.1) is 11.9 Å². The molecule has 0 unspecified atom stereocenters. The van der Waals surface area contributed by atoms with Crippen LogP contribution in [0.3, 0.4) is 0 Å². The molecule has 3 N–H and O–H groups in total. The Morgan fingerprint density at radius 1 is 1.17 bits per heavy atom. The molecule has 8 heteroatoms. The number of carbonyl (C=O) groups excluding carboxylic acids is 2. The highest BCUT2D eigenvalue weighted by molar-refractivity contribution is 6.04. The summed E-state index contributed by atoms with van der Waals surface area (Å²) in [5.74, 6) is -1.50. The molecule has 7 nitrogen and oxygen atoms in total. The van der Waals surface area contributed by atoms with Gasteiger partial charge < -0.3 is 15.7 Å². The number of amides is 2. The average molecular weight is 410 g/mol.